The van der Waals surface area contributed by atoms with E-state index in [1.54, 1.807) is 0 Å². The molecule has 0 N–H and O–H groups in total. The van der Waals surface area contributed by atoms with Gasteiger partial charge >= 0.3 is 131 Å². The molecule has 1 aliphatic rings. The number of cyclic esters (lactones) is 1. The zero-order valence-corrected chi connectivity index (χ0v) is 13.7. The van der Waals surface area contributed by atoms with E-state index in [9.17, 15) is 4.79 Å². The number of esters is 1. The zero-order chi connectivity index (χ0) is 14.7. The first kappa shape index (κ1) is 14.4. The van der Waals surface area contributed by atoms with Crippen LogP contribution in [0.5, 0.6) is 0 Å². The number of rotatable bonds is 4. The van der Waals surface area contributed by atoms with Gasteiger partial charge in [0.15, 0.2) is 0 Å². The van der Waals surface area contributed by atoms with Gasteiger partial charge in [0.05, 0.1) is 0 Å². The van der Waals surface area contributed by atoms with Crippen molar-refractivity contribution in [1.82, 2.24) is 0 Å². The van der Waals surface area contributed by atoms with Gasteiger partial charge in [0.25, 0.3) is 0 Å². The minimum atomic E-state index is -0.379. The van der Waals surface area contributed by atoms with E-state index in [0.29, 0.717) is 6.61 Å². The van der Waals surface area contributed by atoms with E-state index in [1.165, 1.54) is 10.0 Å². The molecule has 1 fully saturated rings. The number of hydrogen-bond acceptors (Lipinski definition) is 2. The predicted octanol–water partition coefficient (Wildman–Crippen LogP) is 2.61. The van der Waals surface area contributed by atoms with Gasteiger partial charge in [-0.3, -0.25) is 0 Å². The number of hydrogen-bond donors (Lipinski definition) is 0. The predicted molar refractivity (Wildman–Crippen MR) is 84.8 cm³/mol. The van der Waals surface area contributed by atoms with E-state index >= 15 is 0 Å². The SMILES string of the molecule is C[C@@H]1COC(=O)[C@]1(Cc1ccccc1)[Se]c1ccccc1. The zero-order valence-electron chi connectivity index (χ0n) is 12.0. The second-order valence-corrected chi connectivity index (χ2v) is 8.41. The van der Waals surface area contributed by atoms with Gasteiger partial charge in [0, 0.05) is 0 Å². The van der Waals surface area contributed by atoms with Crippen LogP contribution in [0, 0.1) is 5.92 Å². The van der Waals surface area contributed by atoms with Gasteiger partial charge in [-0.05, 0) is 0 Å². The first-order valence-corrected chi connectivity index (χ1v) is 8.87. The van der Waals surface area contributed by atoms with E-state index < -0.39 is 0 Å². The Bertz CT molecular complexity index is 568. The first-order chi connectivity index (χ1) is 10.2. The Morgan fingerprint density at radius 1 is 1.10 bits per heavy atom. The fourth-order valence-electron chi connectivity index (χ4n) is 2.68. The molecule has 1 aliphatic heterocycles. The molecule has 0 aliphatic carbocycles. The summed E-state index contributed by atoms with van der Waals surface area (Å²) in [6, 6.07) is 20.6. The molecule has 1 heterocycles. The molecule has 0 bridgehead atoms. The summed E-state index contributed by atoms with van der Waals surface area (Å²) in [5, 5.41) is 0. The Morgan fingerprint density at radius 2 is 1.71 bits per heavy atom. The molecule has 3 rings (SSSR count). The molecule has 2 nitrogen and oxygen atoms in total. The number of benzene rings is 2. The van der Waals surface area contributed by atoms with Crippen molar-refractivity contribution in [1.29, 1.82) is 0 Å². The van der Waals surface area contributed by atoms with Crippen molar-refractivity contribution in [3.63, 3.8) is 0 Å². The van der Waals surface area contributed by atoms with Gasteiger partial charge in [-0.2, -0.15) is 0 Å². The molecule has 0 spiro atoms. The Labute approximate surface area is 131 Å². The standard InChI is InChI=1S/C18H18O2Se/c1-14-13-20-17(19)18(14,12-15-8-4-2-5-9-15)21-16-10-6-3-7-11-16/h2-11,14H,12-13H2,1H3/t14-,18-/m1/s1. The van der Waals surface area contributed by atoms with Gasteiger partial charge in [-0.1, -0.05) is 0 Å². The van der Waals surface area contributed by atoms with Crippen LogP contribution in [0.2, 0.25) is 4.31 Å². The molecule has 0 aromatic heterocycles. The summed E-state index contributed by atoms with van der Waals surface area (Å²) >= 11 is 0.0666. The van der Waals surface area contributed by atoms with Crippen LogP contribution in [-0.2, 0) is 16.0 Å². The van der Waals surface area contributed by atoms with Gasteiger partial charge in [0.1, 0.15) is 0 Å². The van der Waals surface area contributed by atoms with Crippen molar-refractivity contribution >= 4 is 25.4 Å². The van der Waals surface area contributed by atoms with Gasteiger partial charge in [0.2, 0.25) is 0 Å². The third kappa shape index (κ3) is 2.90. The molecule has 21 heavy (non-hydrogen) atoms. The molecule has 2 atom stereocenters. The molecule has 2 aromatic rings. The maximum absolute atomic E-state index is 12.5. The van der Waals surface area contributed by atoms with E-state index in [-0.39, 0.29) is 31.2 Å². The summed E-state index contributed by atoms with van der Waals surface area (Å²) in [7, 11) is 0. The fraction of sp³-hybridized carbons (Fsp3) is 0.278. The molecule has 0 unspecified atom stereocenters. The summed E-state index contributed by atoms with van der Waals surface area (Å²) in [6.07, 6.45) is 0.767. The summed E-state index contributed by atoms with van der Waals surface area (Å²) in [5.41, 5.74) is 1.21. The molecule has 0 radical (unpaired) electrons. The van der Waals surface area contributed by atoms with Crippen LogP contribution in [0.1, 0.15) is 12.5 Å². The van der Waals surface area contributed by atoms with Crippen LogP contribution in [0.4, 0.5) is 0 Å². The molecule has 1 saturated heterocycles. The Hall–Kier alpha value is -1.57. The molecular formula is C18H18O2Se. The number of ether oxygens (including phenoxy) is 1. The van der Waals surface area contributed by atoms with E-state index in [4.69, 9.17) is 4.74 Å². The first-order valence-electron chi connectivity index (χ1n) is 7.16. The normalized spacial score (nSPS) is 24.8. The monoisotopic (exact) mass is 346 g/mol. The van der Waals surface area contributed by atoms with Crippen LogP contribution >= 0.6 is 0 Å². The second kappa shape index (κ2) is 6.05. The fourth-order valence-corrected chi connectivity index (χ4v) is 5.54. The Balaban J connectivity index is 1.94. The quantitative estimate of drug-likeness (QED) is 0.629. The van der Waals surface area contributed by atoms with Crippen molar-refractivity contribution in [2.75, 3.05) is 6.61 Å². The molecule has 108 valence electrons. The van der Waals surface area contributed by atoms with Gasteiger partial charge in [-0.25, -0.2) is 0 Å². The third-order valence-electron chi connectivity index (χ3n) is 3.96. The topological polar surface area (TPSA) is 26.3 Å². The average Bonchev–Trinajstić information content (AvgIpc) is 2.78. The van der Waals surface area contributed by atoms with E-state index in [2.05, 4.69) is 31.2 Å². The third-order valence-corrected chi connectivity index (χ3v) is 7.29. The van der Waals surface area contributed by atoms with Crippen LogP contribution in [0.25, 0.3) is 0 Å². The number of carbonyl (C=O) groups excluding carboxylic acids is 1. The molecule has 0 amide bonds. The molecule has 2 aromatic carbocycles. The average molecular weight is 345 g/mol. The Kier molecular flexibility index (Phi) is 4.14. The van der Waals surface area contributed by atoms with Crippen LogP contribution < -0.4 is 4.46 Å². The van der Waals surface area contributed by atoms with Crippen molar-refractivity contribution in [3.8, 4) is 0 Å². The van der Waals surface area contributed by atoms with Crippen LogP contribution in [0.3, 0.4) is 0 Å². The van der Waals surface area contributed by atoms with Crippen LogP contribution in [0.15, 0.2) is 60.7 Å². The van der Waals surface area contributed by atoms with E-state index in [1.807, 2.05) is 36.4 Å². The Morgan fingerprint density at radius 3 is 2.29 bits per heavy atom. The minimum absolute atomic E-state index is 0.0253. The molecule has 3 heteroatoms. The molecule has 0 saturated carbocycles. The maximum atomic E-state index is 12.5. The van der Waals surface area contributed by atoms with Crippen LogP contribution in [-0.4, -0.2) is 27.5 Å². The summed E-state index contributed by atoms with van der Waals surface area (Å²) in [6.45, 7) is 2.68. The van der Waals surface area contributed by atoms with Crippen molar-refractivity contribution in [2.24, 2.45) is 5.92 Å². The van der Waals surface area contributed by atoms with Gasteiger partial charge in [-0.15, -0.1) is 0 Å². The second-order valence-electron chi connectivity index (χ2n) is 5.47. The van der Waals surface area contributed by atoms with Crippen molar-refractivity contribution in [3.05, 3.63) is 66.2 Å². The summed E-state index contributed by atoms with van der Waals surface area (Å²) < 4.78 is 6.28. The number of carbonyl (C=O) groups is 1. The van der Waals surface area contributed by atoms with Crippen molar-refractivity contribution in [2.45, 2.75) is 17.7 Å². The van der Waals surface area contributed by atoms with Crippen molar-refractivity contribution < 1.29 is 9.53 Å². The molecular weight excluding hydrogens is 327 g/mol. The summed E-state index contributed by atoms with van der Waals surface area (Å²) in [5.74, 6) is 0.230. The van der Waals surface area contributed by atoms with E-state index in [0.717, 1.165) is 6.42 Å². The van der Waals surface area contributed by atoms with Gasteiger partial charge < -0.3 is 0 Å². The summed E-state index contributed by atoms with van der Waals surface area (Å²) in [4.78, 5) is 12.5.